The highest BCUT2D eigenvalue weighted by Gasteiger charge is 2.12. The summed E-state index contributed by atoms with van der Waals surface area (Å²) in [4.78, 5) is 0. The van der Waals surface area contributed by atoms with Gasteiger partial charge in [0.2, 0.25) is 0 Å². The average Bonchev–Trinajstić information content (AvgIpc) is 2.30. The number of hydrogen-bond acceptors (Lipinski definition) is 1. The molecule has 0 unspecified atom stereocenters. The molecule has 3 heteroatoms. The molecule has 0 aromatic heterocycles. The molecule has 0 aliphatic carbocycles. The van der Waals surface area contributed by atoms with Crippen LogP contribution in [0.5, 0.6) is 0 Å². The van der Waals surface area contributed by atoms with Crippen LogP contribution in [0.2, 0.25) is 5.02 Å². The van der Waals surface area contributed by atoms with Crippen molar-refractivity contribution in [2.24, 2.45) is 0 Å². The highest BCUT2D eigenvalue weighted by Crippen LogP contribution is 2.28. The van der Waals surface area contributed by atoms with Crippen molar-refractivity contribution in [2.75, 3.05) is 0 Å². The molecule has 0 amide bonds. The lowest BCUT2D eigenvalue weighted by molar-refractivity contribution is 0.219. The van der Waals surface area contributed by atoms with Crippen LogP contribution in [-0.4, -0.2) is 5.11 Å². The maximum atomic E-state index is 10.2. The van der Waals surface area contributed by atoms with Crippen LogP contribution < -0.4 is 0 Å². The third-order valence-electron chi connectivity index (χ3n) is 2.39. The second kappa shape index (κ2) is 5.00. The minimum Gasteiger partial charge on any atom is -0.384 e. The molecule has 2 aromatic carbocycles. The molecule has 0 bridgehead atoms. The van der Waals surface area contributed by atoms with Gasteiger partial charge in [0.1, 0.15) is 6.10 Å². The maximum Gasteiger partial charge on any atom is 0.105 e. The van der Waals surface area contributed by atoms with Crippen molar-refractivity contribution in [3.63, 3.8) is 0 Å². The summed E-state index contributed by atoms with van der Waals surface area (Å²) in [6, 6.07) is 14.8. The van der Waals surface area contributed by atoms with Crippen molar-refractivity contribution in [1.82, 2.24) is 0 Å². The lowest BCUT2D eigenvalue weighted by atomic mass is 10.0. The summed E-state index contributed by atoms with van der Waals surface area (Å²) in [5.41, 5.74) is 1.68. The molecule has 0 radical (unpaired) electrons. The van der Waals surface area contributed by atoms with Crippen LogP contribution in [0.4, 0.5) is 0 Å². The SMILES string of the molecule is O[C@@H](c1ccc(Cl)cc1)c1ccccc1Br. The normalized spacial score (nSPS) is 12.4. The van der Waals surface area contributed by atoms with E-state index in [1.54, 1.807) is 12.1 Å². The molecule has 0 fully saturated rings. The van der Waals surface area contributed by atoms with Crippen LogP contribution in [0.1, 0.15) is 17.2 Å². The van der Waals surface area contributed by atoms with Gasteiger partial charge in [0.15, 0.2) is 0 Å². The molecule has 0 aliphatic heterocycles. The van der Waals surface area contributed by atoms with E-state index in [4.69, 9.17) is 11.6 Å². The topological polar surface area (TPSA) is 20.2 Å². The highest BCUT2D eigenvalue weighted by atomic mass is 79.9. The molecule has 0 saturated heterocycles. The third-order valence-corrected chi connectivity index (χ3v) is 3.36. The Morgan fingerprint density at radius 3 is 2.25 bits per heavy atom. The summed E-state index contributed by atoms with van der Waals surface area (Å²) in [5.74, 6) is 0. The van der Waals surface area contributed by atoms with E-state index in [1.165, 1.54) is 0 Å². The zero-order valence-corrected chi connectivity index (χ0v) is 10.7. The van der Waals surface area contributed by atoms with E-state index in [2.05, 4.69) is 15.9 Å². The van der Waals surface area contributed by atoms with Gasteiger partial charge in [-0.3, -0.25) is 0 Å². The summed E-state index contributed by atoms with van der Waals surface area (Å²) in [5, 5.41) is 10.9. The second-order valence-electron chi connectivity index (χ2n) is 3.48. The lowest BCUT2D eigenvalue weighted by Crippen LogP contribution is -2.00. The average molecular weight is 298 g/mol. The lowest BCUT2D eigenvalue weighted by Gasteiger charge is -2.13. The Balaban J connectivity index is 2.35. The van der Waals surface area contributed by atoms with E-state index in [0.29, 0.717) is 5.02 Å². The van der Waals surface area contributed by atoms with Crippen LogP contribution in [0, 0.1) is 0 Å². The van der Waals surface area contributed by atoms with E-state index < -0.39 is 6.10 Å². The Bertz CT molecular complexity index is 482. The monoisotopic (exact) mass is 296 g/mol. The molecule has 1 nitrogen and oxygen atoms in total. The van der Waals surface area contributed by atoms with E-state index >= 15 is 0 Å². The van der Waals surface area contributed by atoms with Gasteiger partial charge in [-0.15, -0.1) is 0 Å². The summed E-state index contributed by atoms with van der Waals surface area (Å²) in [6.45, 7) is 0. The molecular formula is C13H10BrClO. The molecule has 1 atom stereocenters. The first-order valence-corrected chi connectivity index (χ1v) is 6.03. The van der Waals surface area contributed by atoms with Gasteiger partial charge in [-0.1, -0.05) is 57.9 Å². The van der Waals surface area contributed by atoms with Crippen LogP contribution in [0.15, 0.2) is 53.0 Å². The van der Waals surface area contributed by atoms with Crippen LogP contribution in [0.3, 0.4) is 0 Å². The predicted octanol–water partition coefficient (Wildman–Crippen LogP) is 4.18. The molecule has 0 aliphatic rings. The second-order valence-corrected chi connectivity index (χ2v) is 4.77. The molecule has 2 aromatic rings. The summed E-state index contributed by atoms with van der Waals surface area (Å²) < 4.78 is 0.900. The number of hydrogen-bond donors (Lipinski definition) is 1. The molecular weight excluding hydrogens is 287 g/mol. The minimum absolute atomic E-state index is 0.632. The van der Waals surface area contributed by atoms with Gasteiger partial charge in [0.05, 0.1) is 0 Å². The molecule has 1 N–H and O–H groups in total. The Morgan fingerprint density at radius 2 is 1.62 bits per heavy atom. The van der Waals surface area contributed by atoms with Crippen molar-refractivity contribution in [2.45, 2.75) is 6.10 Å². The largest absolute Gasteiger partial charge is 0.384 e. The van der Waals surface area contributed by atoms with Gasteiger partial charge in [-0.25, -0.2) is 0 Å². The quantitative estimate of drug-likeness (QED) is 0.881. The van der Waals surface area contributed by atoms with Gasteiger partial charge in [-0.2, -0.15) is 0 Å². The Labute approximate surface area is 108 Å². The zero-order chi connectivity index (χ0) is 11.5. The first-order chi connectivity index (χ1) is 7.68. The zero-order valence-electron chi connectivity index (χ0n) is 8.40. The first-order valence-electron chi connectivity index (χ1n) is 4.86. The smallest absolute Gasteiger partial charge is 0.105 e. The van der Waals surface area contributed by atoms with Gasteiger partial charge < -0.3 is 5.11 Å². The maximum absolute atomic E-state index is 10.2. The molecule has 0 spiro atoms. The number of aliphatic hydroxyl groups is 1. The molecule has 16 heavy (non-hydrogen) atoms. The van der Waals surface area contributed by atoms with Gasteiger partial charge in [0.25, 0.3) is 0 Å². The molecule has 2 rings (SSSR count). The van der Waals surface area contributed by atoms with Crippen LogP contribution >= 0.6 is 27.5 Å². The van der Waals surface area contributed by atoms with Crippen LogP contribution in [0.25, 0.3) is 0 Å². The van der Waals surface area contributed by atoms with E-state index in [0.717, 1.165) is 15.6 Å². The molecule has 0 heterocycles. The minimum atomic E-state index is -0.632. The summed E-state index contributed by atoms with van der Waals surface area (Å²) in [6.07, 6.45) is -0.632. The molecule has 82 valence electrons. The first kappa shape index (κ1) is 11.6. The summed E-state index contributed by atoms with van der Waals surface area (Å²) >= 11 is 9.23. The molecule has 0 saturated carbocycles. The van der Waals surface area contributed by atoms with Crippen molar-refractivity contribution in [1.29, 1.82) is 0 Å². The predicted molar refractivity (Wildman–Crippen MR) is 69.7 cm³/mol. The van der Waals surface area contributed by atoms with E-state index in [9.17, 15) is 5.11 Å². The van der Waals surface area contributed by atoms with Crippen molar-refractivity contribution in [3.8, 4) is 0 Å². The highest BCUT2D eigenvalue weighted by molar-refractivity contribution is 9.10. The number of halogens is 2. The number of benzene rings is 2. The van der Waals surface area contributed by atoms with Crippen LogP contribution in [-0.2, 0) is 0 Å². The van der Waals surface area contributed by atoms with Crippen molar-refractivity contribution >= 4 is 27.5 Å². The Kier molecular flexibility index (Phi) is 3.64. The standard InChI is InChI=1S/C13H10BrClO/c14-12-4-2-1-3-11(12)13(16)9-5-7-10(15)8-6-9/h1-8,13,16H/t13-/m0/s1. The van der Waals surface area contributed by atoms with E-state index in [1.807, 2.05) is 36.4 Å². The third kappa shape index (κ3) is 2.46. The van der Waals surface area contributed by atoms with Gasteiger partial charge in [-0.05, 0) is 29.3 Å². The van der Waals surface area contributed by atoms with Crippen molar-refractivity contribution < 1.29 is 5.11 Å². The summed E-state index contributed by atoms with van der Waals surface area (Å²) in [7, 11) is 0. The number of aliphatic hydroxyl groups excluding tert-OH is 1. The van der Waals surface area contributed by atoms with Gasteiger partial charge >= 0.3 is 0 Å². The number of rotatable bonds is 2. The van der Waals surface area contributed by atoms with E-state index in [-0.39, 0.29) is 0 Å². The van der Waals surface area contributed by atoms with Gasteiger partial charge in [0, 0.05) is 9.50 Å². The Morgan fingerprint density at radius 1 is 1.00 bits per heavy atom. The fraction of sp³-hybridized carbons (Fsp3) is 0.0769. The Hall–Kier alpha value is -0.830. The van der Waals surface area contributed by atoms with Crippen molar-refractivity contribution in [3.05, 3.63) is 69.2 Å². The fourth-order valence-corrected chi connectivity index (χ4v) is 2.15. The fourth-order valence-electron chi connectivity index (χ4n) is 1.52.